The maximum Gasteiger partial charge on any atom is 0.308 e. The van der Waals surface area contributed by atoms with Gasteiger partial charge in [0.15, 0.2) is 5.76 Å². The quantitative estimate of drug-likeness (QED) is 0.257. The first-order chi connectivity index (χ1) is 14.5. The zero-order valence-electron chi connectivity index (χ0n) is 19.9. The highest BCUT2D eigenvalue weighted by Gasteiger charge is 2.24. The van der Waals surface area contributed by atoms with Crippen LogP contribution in [0.5, 0.6) is 0 Å². The molecule has 0 aliphatic rings. The van der Waals surface area contributed by atoms with Gasteiger partial charge < -0.3 is 9.47 Å². The standard InChI is InChI=1S/C25H33N3O3/c1-9-10-22(29)30-18(4)31-24(23-16(2)17(3)27-28(23)8)21(15-26)19-11-13-20(14-12-19)25(5,6)7/h11-14,18H,9-10H2,1-8H3/b24-21-. The van der Waals surface area contributed by atoms with E-state index in [1.807, 2.05) is 52.1 Å². The molecule has 6 nitrogen and oxygen atoms in total. The summed E-state index contributed by atoms with van der Waals surface area (Å²) in [5.74, 6) is 0.0173. The summed E-state index contributed by atoms with van der Waals surface area (Å²) in [6.07, 6.45) is 0.161. The van der Waals surface area contributed by atoms with E-state index in [-0.39, 0.29) is 11.4 Å². The lowest BCUT2D eigenvalue weighted by Gasteiger charge is -2.21. The van der Waals surface area contributed by atoms with Gasteiger partial charge in [0, 0.05) is 26.0 Å². The number of esters is 1. The lowest BCUT2D eigenvalue weighted by molar-refractivity contribution is -0.164. The summed E-state index contributed by atoms with van der Waals surface area (Å²) in [4.78, 5) is 11.9. The van der Waals surface area contributed by atoms with E-state index in [1.54, 1.807) is 11.6 Å². The Balaban J connectivity index is 2.59. The van der Waals surface area contributed by atoms with Crippen LogP contribution < -0.4 is 0 Å². The van der Waals surface area contributed by atoms with Gasteiger partial charge in [0.05, 0.1) is 5.69 Å². The SMILES string of the molecule is CCCC(=O)OC(C)O/C(=C(/C#N)c1ccc(C(C)(C)C)cc1)c1c(C)c(C)nn1C. The maximum atomic E-state index is 11.9. The molecule has 0 N–H and O–H groups in total. The summed E-state index contributed by atoms with van der Waals surface area (Å²) in [7, 11) is 1.81. The normalized spacial score (nSPS) is 13.3. The zero-order valence-corrected chi connectivity index (χ0v) is 19.9. The topological polar surface area (TPSA) is 77.1 Å². The smallest absolute Gasteiger partial charge is 0.308 e. The summed E-state index contributed by atoms with van der Waals surface area (Å²) in [5.41, 5.74) is 4.71. The number of nitriles is 1. The van der Waals surface area contributed by atoms with Crippen molar-refractivity contribution in [3.8, 4) is 6.07 Å². The highest BCUT2D eigenvalue weighted by molar-refractivity contribution is 5.94. The third-order valence-corrected chi connectivity index (χ3v) is 5.15. The van der Waals surface area contributed by atoms with Crippen LogP contribution in [0, 0.1) is 25.2 Å². The van der Waals surface area contributed by atoms with Crippen molar-refractivity contribution in [1.29, 1.82) is 5.26 Å². The molecule has 1 atom stereocenters. The van der Waals surface area contributed by atoms with Crippen LogP contribution >= 0.6 is 0 Å². The molecule has 0 bridgehead atoms. The number of ether oxygens (including phenoxy) is 2. The molecule has 6 heteroatoms. The van der Waals surface area contributed by atoms with Gasteiger partial charge in [-0.3, -0.25) is 9.48 Å². The van der Waals surface area contributed by atoms with Crippen LogP contribution in [-0.4, -0.2) is 22.0 Å². The van der Waals surface area contributed by atoms with Crippen LogP contribution in [0.2, 0.25) is 0 Å². The van der Waals surface area contributed by atoms with Crippen molar-refractivity contribution in [2.75, 3.05) is 0 Å². The average Bonchev–Trinajstić information content (AvgIpc) is 2.93. The van der Waals surface area contributed by atoms with E-state index in [9.17, 15) is 10.1 Å². The molecule has 1 unspecified atom stereocenters. The molecule has 0 saturated heterocycles. The minimum Gasteiger partial charge on any atom is -0.451 e. The van der Waals surface area contributed by atoms with E-state index in [0.717, 1.165) is 16.8 Å². The van der Waals surface area contributed by atoms with Crippen LogP contribution in [0.3, 0.4) is 0 Å². The number of aromatic nitrogens is 2. The highest BCUT2D eigenvalue weighted by Crippen LogP contribution is 2.32. The monoisotopic (exact) mass is 423 g/mol. The molecule has 0 fully saturated rings. The van der Waals surface area contributed by atoms with Crippen LogP contribution in [0.15, 0.2) is 24.3 Å². The van der Waals surface area contributed by atoms with Gasteiger partial charge in [-0.1, -0.05) is 52.0 Å². The van der Waals surface area contributed by atoms with Gasteiger partial charge in [-0.25, -0.2) is 0 Å². The summed E-state index contributed by atoms with van der Waals surface area (Å²) < 4.78 is 13.2. The Hall–Kier alpha value is -3.07. The van der Waals surface area contributed by atoms with Crippen LogP contribution in [0.1, 0.15) is 75.5 Å². The Kier molecular flexibility index (Phi) is 7.67. The number of allylic oxidation sites excluding steroid dienone is 1. The summed E-state index contributed by atoms with van der Waals surface area (Å²) in [6.45, 7) is 13.8. The van der Waals surface area contributed by atoms with Gasteiger partial charge in [-0.05, 0) is 36.8 Å². The zero-order chi connectivity index (χ0) is 23.3. The van der Waals surface area contributed by atoms with Crippen molar-refractivity contribution in [3.63, 3.8) is 0 Å². The van der Waals surface area contributed by atoms with Crippen molar-refractivity contribution >= 4 is 17.3 Å². The average molecular weight is 424 g/mol. The Bertz CT molecular complexity index is 1000. The number of nitrogens with zero attached hydrogens (tertiary/aromatic N) is 3. The third kappa shape index (κ3) is 5.75. The van der Waals surface area contributed by atoms with E-state index >= 15 is 0 Å². The van der Waals surface area contributed by atoms with Crippen LogP contribution in [0.4, 0.5) is 0 Å². The lowest BCUT2D eigenvalue weighted by Crippen LogP contribution is -2.19. The largest absolute Gasteiger partial charge is 0.451 e. The second kappa shape index (κ2) is 9.82. The molecule has 0 spiro atoms. The molecule has 0 amide bonds. The minimum atomic E-state index is -0.846. The number of aryl methyl sites for hydroxylation is 2. The van der Waals surface area contributed by atoms with Crippen molar-refractivity contribution in [2.45, 2.75) is 73.0 Å². The van der Waals surface area contributed by atoms with Crippen LogP contribution in [0.25, 0.3) is 11.3 Å². The third-order valence-electron chi connectivity index (χ3n) is 5.15. The molecule has 2 aromatic rings. The number of carbonyl (C=O) groups excluding carboxylic acids is 1. The first-order valence-corrected chi connectivity index (χ1v) is 10.6. The fourth-order valence-electron chi connectivity index (χ4n) is 3.34. The summed E-state index contributed by atoms with van der Waals surface area (Å²) >= 11 is 0. The Morgan fingerprint density at radius 3 is 2.26 bits per heavy atom. The number of benzene rings is 1. The Morgan fingerprint density at radius 1 is 1.19 bits per heavy atom. The molecule has 2 rings (SSSR count). The van der Waals surface area contributed by atoms with E-state index < -0.39 is 6.29 Å². The van der Waals surface area contributed by atoms with Crippen molar-refractivity contribution < 1.29 is 14.3 Å². The molecule has 0 aliphatic carbocycles. The lowest BCUT2D eigenvalue weighted by atomic mass is 9.86. The van der Waals surface area contributed by atoms with Gasteiger partial charge in [-0.2, -0.15) is 10.4 Å². The Morgan fingerprint density at radius 2 is 1.81 bits per heavy atom. The number of hydrogen-bond donors (Lipinski definition) is 0. The van der Waals surface area contributed by atoms with Crippen molar-refractivity contribution in [3.05, 3.63) is 52.3 Å². The van der Waals surface area contributed by atoms with E-state index in [2.05, 4.69) is 31.9 Å². The van der Waals surface area contributed by atoms with Crippen molar-refractivity contribution in [1.82, 2.24) is 9.78 Å². The second-order valence-electron chi connectivity index (χ2n) is 8.75. The van der Waals surface area contributed by atoms with Crippen molar-refractivity contribution in [2.24, 2.45) is 7.05 Å². The number of rotatable bonds is 7. The van der Waals surface area contributed by atoms with Gasteiger partial charge in [-0.15, -0.1) is 0 Å². The highest BCUT2D eigenvalue weighted by atomic mass is 16.7. The van der Waals surface area contributed by atoms with E-state index in [4.69, 9.17) is 9.47 Å². The maximum absolute atomic E-state index is 11.9. The van der Waals surface area contributed by atoms with E-state index in [0.29, 0.717) is 29.9 Å². The molecular weight excluding hydrogens is 390 g/mol. The molecule has 0 aliphatic heterocycles. The molecule has 1 aromatic heterocycles. The Labute approximate surface area is 185 Å². The molecular formula is C25H33N3O3. The van der Waals surface area contributed by atoms with Gasteiger partial charge in [0.25, 0.3) is 0 Å². The summed E-state index contributed by atoms with van der Waals surface area (Å²) in [6, 6.07) is 10.2. The molecule has 0 radical (unpaired) electrons. The predicted octanol–water partition coefficient (Wildman–Crippen LogP) is 5.43. The fourth-order valence-corrected chi connectivity index (χ4v) is 3.34. The molecule has 1 aromatic carbocycles. The van der Waals surface area contributed by atoms with Gasteiger partial charge >= 0.3 is 5.97 Å². The summed E-state index contributed by atoms with van der Waals surface area (Å²) in [5, 5.41) is 14.6. The minimum absolute atomic E-state index is 0.00606. The molecule has 166 valence electrons. The predicted molar refractivity (Wildman–Crippen MR) is 122 cm³/mol. The molecule has 0 saturated carbocycles. The van der Waals surface area contributed by atoms with Gasteiger partial charge in [0.1, 0.15) is 17.3 Å². The molecule has 31 heavy (non-hydrogen) atoms. The van der Waals surface area contributed by atoms with Crippen LogP contribution in [-0.2, 0) is 26.7 Å². The first-order valence-electron chi connectivity index (χ1n) is 10.6. The first kappa shape index (κ1) is 24.2. The molecule has 1 heterocycles. The van der Waals surface area contributed by atoms with E-state index in [1.165, 1.54) is 5.56 Å². The van der Waals surface area contributed by atoms with Gasteiger partial charge in [0.2, 0.25) is 6.29 Å². The fraction of sp³-hybridized carbons (Fsp3) is 0.480. The second-order valence-corrected chi connectivity index (χ2v) is 8.75. The number of hydrogen-bond acceptors (Lipinski definition) is 5. The number of carbonyl (C=O) groups is 1.